The molecular weight excluding hydrogens is 329 g/mol. The van der Waals surface area contributed by atoms with E-state index < -0.39 is 0 Å². The third kappa shape index (κ3) is 2.98. The number of carbonyl (C=O) groups excluding carboxylic acids is 1. The first-order valence-electron chi connectivity index (χ1n) is 9.03. The van der Waals surface area contributed by atoms with Crippen LogP contribution in [-0.4, -0.2) is 26.2 Å². The summed E-state index contributed by atoms with van der Waals surface area (Å²) in [4.78, 5) is 19.4. The fourth-order valence-corrected chi connectivity index (χ4v) is 3.63. The minimum absolute atomic E-state index is 0.0200. The van der Waals surface area contributed by atoms with E-state index in [2.05, 4.69) is 4.98 Å². The molecule has 1 aliphatic rings. The first-order valence-corrected chi connectivity index (χ1v) is 9.03. The maximum atomic E-state index is 14.2. The van der Waals surface area contributed by atoms with Gasteiger partial charge in [0.25, 0.3) is 0 Å². The van der Waals surface area contributed by atoms with E-state index in [-0.39, 0.29) is 30.2 Å². The second-order valence-electron chi connectivity index (χ2n) is 7.04. The Balaban J connectivity index is 1.62. The number of nitrogens with zero attached hydrogens (tertiary/aromatic N) is 3. The Bertz CT molecular complexity index is 961. The summed E-state index contributed by atoms with van der Waals surface area (Å²) >= 11 is 0. The fourth-order valence-electron chi connectivity index (χ4n) is 3.63. The highest BCUT2D eigenvalue weighted by Crippen LogP contribution is 2.35. The van der Waals surface area contributed by atoms with Crippen molar-refractivity contribution in [2.45, 2.75) is 45.2 Å². The number of aryl methyl sites for hydroxylation is 1. The van der Waals surface area contributed by atoms with Crippen molar-refractivity contribution in [2.24, 2.45) is 0 Å². The first-order chi connectivity index (χ1) is 12.6. The van der Waals surface area contributed by atoms with Crippen LogP contribution >= 0.6 is 0 Å². The molecule has 0 N–H and O–H groups in total. The summed E-state index contributed by atoms with van der Waals surface area (Å²) < 4.78 is 16.2. The van der Waals surface area contributed by atoms with Crippen molar-refractivity contribution in [1.82, 2.24) is 14.3 Å². The number of amides is 1. The van der Waals surface area contributed by atoms with Gasteiger partial charge in [0.15, 0.2) is 0 Å². The van der Waals surface area contributed by atoms with Crippen molar-refractivity contribution < 1.29 is 9.18 Å². The van der Waals surface area contributed by atoms with Gasteiger partial charge in [0.2, 0.25) is 5.91 Å². The predicted molar refractivity (Wildman–Crippen MR) is 98.3 cm³/mol. The van der Waals surface area contributed by atoms with Crippen LogP contribution in [-0.2, 0) is 11.2 Å². The van der Waals surface area contributed by atoms with Crippen LogP contribution in [0.5, 0.6) is 0 Å². The average molecular weight is 351 g/mol. The minimum atomic E-state index is -0.280. The molecule has 1 saturated carbocycles. The third-order valence-corrected chi connectivity index (χ3v) is 5.14. The van der Waals surface area contributed by atoms with Crippen LogP contribution in [0.15, 0.2) is 48.8 Å². The quantitative estimate of drug-likeness (QED) is 0.695. The van der Waals surface area contributed by atoms with Gasteiger partial charge >= 0.3 is 0 Å². The number of hydrogen-bond acceptors (Lipinski definition) is 2. The summed E-state index contributed by atoms with van der Waals surface area (Å²) in [5.41, 5.74) is 3.38. The molecule has 2 aromatic heterocycles. The lowest BCUT2D eigenvalue weighted by molar-refractivity contribution is -0.133. The maximum Gasteiger partial charge on any atom is 0.229 e. The SMILES string of the molecule is Cc1cccn2c(CC(=O)N(C3CC3)C(C)c3ccccc3F)cnc12. The van der Waals surface area contributed by atoms with Gasteiger partial charge in [-0.2, -0.15) is 0 Å². The average Bonchev–Trinajstić information content (AvgIpc) is 3.36. The van der Waals surface area contributed by atoms with E-state index in [9.17, 15) is 9.18 Å². The summed E-state index contributed by atoms with van der Waals surface area (Å²) in [6, 6.07) is 10.6. The smallest absolute Gasteiger partial charge is 0.229 e. The summed E-state index contributed by atoms with van der Waals surface area (Å²) in [7, 11) is 0. The van der Waals surface area contributed by atoms with Gasteiger partial charge in [0.05, 0.1) is 18.2 Å². The summed E-state index contributed by atoms with van der Waals surface area (Å²) in [6.07, 6.45) is 5.92. The number of imidazole rings is 1. The molecule has 1 atom stereocenters. The highest BCUT2D eigenvalue weighted by Gasteiger charge is 2.37. The van der Waals surface area contributed by atoms with Gasteiger partial charge in [0.1, 0.15) is 11.5 Å². The molecule has 0 bridgehead atoms. The summed E-state index contributed by atoms with van der Waals surface area (Å²) in [5.74, 6) is -0.240. The van der Waals surface area contributed by atoms with Crippen molar-refractivity contribution in [1.29, 1.82) is 0 Å². The number of halogens is 1. The normalized spacial score (nSPS) is 15.2. The Hall–Kier alpha value is -2.69. The zero-order valence-electron chi connectivity index (χ0n) is 15.0. The van der Waals surface area contributed by atoms with Gasteiger partial charge < -0.3 is 9.30 Å². The first kappa shape index (κ1) is 16.8. The number of hydrogen-bond donors (Lipinski definition) is 0. The Morgan fingerprint density at radius 1 is 1.31 bits per heavy atom. The molecule has 4 nitrogen and oxygen atoms in total. The van der Waals surface area contributed by atoms with Crippen LogP contribution in [0, 0.1) is 12.7 Å². The molecule has 1 unspecified atom stereocenters. The number of aromatic nitrogens is 2. The van der Waals surface area contributed by atoms with E-state index in [1.807, 2.05) is 47.5 Å². The molecule has 1 aliphatic carbocycles. The Labute approximate surface area is 152 Å². The van der Waals surface area contributed by atoms with E-state index in [1.54, 1.807) is 18.3 Å². The number of carbonyl (C=O) groups is 1. The lowest BCUT2D eigenvalue weighted by Crippen LogP contribution is -2.37. The van der Waals surface area contributed by atoms with E-state index >= 15 is 0 Å². The van der Waals surface area contributed by atoms with Gasteiger partial charge in [-0.15, -0.1) is 0 Å². The van der Waals surface area contributed by atoms with Gasteiger partial charge in [0, 0.05) is 24.0 Å². The number of benzene rings is 1. The second-order valence-corrected chi connectivity index (χ2v) is 7.04. The zero-order valence-corrected chi connectivity index (χ0v) is 15.0. The van der Waals surface area contributed by atoms with Gasteiger partial charge in [-0.3, -0.25) is 4.79 Å². The van der Waals surface area contributed by atoms with E-state index in [0.29, 0.717) is 5.56 Å². The molecule has 1 fully saturated rings. The number of pyridine rings is 1. The highest BCUT2D eigenvalue weighted by atomic mass is 19.1. The molecule has 3 aromatic rings. The summed E-state index contributed by atoms with van der Waals surface area (Å²) in [6.45, 7) is 3.91. The van der Waals surface area contributed by atoms with Crippen molar-refractivity contribution >= 4 is 11.6 Å². The van der Waals surface area contributed by atoms with E-state index in [4.69, 9.17) is 0 Å². The zero-order chi connectivity index (χ0) is 18.3. The van der Waals surface area contributed by atoms with Crippen LogP contribution in [0.2, 0.25) is 0 Å². The van der Waals surface area contributed by atoms with Crippen LogP contribution < -0.4 is 0 Å². The van der Waals surface area contributed by atoms with Crippen LogP contribution in [0.4, 0.5) is 4.39 Å². The molecule has 0 spiro atoms. The lowest BCUT2D eigenvalue weighted by Gasteiger charge is -2.30. The predicted octanol–water partition coefficient (Wildman–Crippen LogP) is 4.08. The van der Waals surface area contributed by atoms with Crippen LogP contribution in [0.3, 0.4) is 0 Å². The molecule has 5 heteroatoms. The Morgan fingerprint density at radius 2 is 2.08 bits per heavy atom. The molecule has 0 saturated heterocycles. The highest BCUT2D eigenvalue weighted by molar-refractivity contribution is 5.80. The largest absolute Gasteiger partial charge is 0.333 e. The number of fused-ring (bicyclic) bond motifs is 1. The lowest BCUT2D eigenvalue weighted by atomic mass is 10.1. The molecule has 0 aliphatic heterocycles. The van der Waals surface area contributed by atoms with E-state index in [0.717, 1.165) is 29.7 Å². The van der Waals surface area contributed by atoms with Crippen molar-refractivity contribution in [2.75, 3.05) is 0 Å². The minimum Gasteiger partial charge on any atom is -0.333 e. The monoisotopic (exact) mass is 351 g/mol. The molecule has 4 rings (SSSR count). The second kappa shape index (κ2) is 6.56. The molecular formula is C21H22FN3O. The topological polar surface area (TPSA) is 37.6 Å². The molecule has 1 amide bonds. The van der Waals surface area contributed by atoms with Crippen LogP contribution in [0.1, 0.15) is 42.6 Å². The Morgan fingerprint density at radius 3 is 2.81 bits per heavy atom. The van der Waals surface area contributed by atoms with Crippen molar-refractivity contribution in [3.63, 3.8) is 0 Å². The maximum absolute atomic E-state index is 14.2. The molecule has 1 aromatic carbocycles. The Kier molecular flexibility index (Phi) is 4.23. The van der Waals surface area contributed by atoms with Gasteiger partial charge in [-0.25, -0.2) is 9.37 Å². The van der Waals surface area contributed by atoms with E-state index in [1.165, 1.54) is 6.07 Å². The molecule has 2 heterocycles. The molecule has 134 valence electrons. The van der Waals surface area contributed by atoms with Crippen molar-refractivity contribution in [3.05, 3.63) is 71.4 Å². The number of rotatable bonds is 5. The fraction of sp³-hybridized carbons (Fsp3) is 0.333. The van der Waals surface area contributed by atoms with Gasteiger partial charge in [-0.05, 0) is 44.4 Å². The third-order valence-electron chi connectivity index (χ3n) is 5.14. The standard InChI is InChI=1S/C21H22FN3O/c1-14-6-5-11-24-17(13-23-21(14)24)12-20(26)25(16-9-10-16)15(2)18-7-3-4-8-19(18)22/h3-8,11,13,15-16H,9-10,12H2,1-2H3. The summed E-state index contributed by atoms with van der Waals surface area (Å²) in [5, 5.41) is 0. The van der Waals surface area contributed by atoms with Crippen molar-refractivity contribution in [3.8, 4) is 0 Å². The molecule has 26 heavy (non-hydrogen) atoms. The van der Waals surface area contributed by atoms with Crippen LogP contribution in [0.25, 0.3) is 5.65 Å². The van der Waals surface area contributed by atoms with Gasteiger partial charge in [-0.1, -0.05) is 24.3 Å². The molecule has 0 radical (unpaired) electrons.